The van der Waals surface area contributed by atoms with Gasteiger partial charge in [0.1, 0.15) is 5.82 Å². The molecule has 0 aliphatic carbocycles. The molecule has 0 aromatic heterocycles. The fraction of sp³-hybridized carbons (Fsp3) is 0.316. The first-order chi connectivity index (χ1) is 12.0. The summed E-state index contributed by atoms with van der Waals surface area (Å²) in [6, 6.07) is 11.7. The van der Waals surface area contributed by atoms with Crippen molar-refractivity contribution in [3.8, 4) is 0 Å². The number of rotatable bonds is 4. The molecule has 1 fully saturated rings. The zero-order chi connectivity index (χ0) is 17.8. The topological polar surface area (TPSA) is 23.6 Å². The molecule has 1 saturated heterocycles. The summed E-state index contributed by atoms with van der Waals surface area (Å²) in [5, 5.41) is 0.916. The first kappa shape index (κ1) is 18.2. The molecule has 25 heavy (non-hydrogen) atoms. The van der Waals surface area contributed by atoms with Gasteiger partial charge in [-0.2, -0.15) is 0 Å². The lowest BCUT2D eigenvalue weighted by Gasteiger charge is -2.34. The van der Waals surface area contributed by atoms with Gasteiger partial charge in [-0.1, -0.05) is 41.4 Å². The molecule has 2 aromatic rings. The van der Waals surface area contributed by atoms with E-state index in [0.29, 0.717) is 35.1 Å². The van der Waals surface area contributed by atoms with Crippen molar-refractivity contribution in [2.24, 2.45) is 0 Å². The Morgan fingerprint density at radius 3 is 2.28 bits per heavy atom. The second kappa shape index (κ2) is 8.17. The van der Waals surface area contributed by atoms with Crippen LogP contribution in [-0.4, -0.2) is 48.4 Å². The summed E-state index contributed by atoms with van der Waals surface area (Å²) in [5.74, 6) is -0.215. The largest absolute Gasteiger partial charge is 0.336 e. The lowest BCUT2D eigenvalue weighted by atomic mass is 10.1. The molecule has 3 rings (SSSR count). The Morgan fingerprint density at radius 1 is 1.00 bits per heavy atom. The molecule has 1 aliphatic rings. The van der Waals surface area contributed by atoms with Crippen LogP contribution in [0.25, 0.3) is 0 Å². The number of hydrogen-bond acceptors (Lipinski definition) is 2. The maximum absolute atomic E-state index is 13.7. The Kier molecular flexibility index (Phi) is 5.94. The number of piperazine rings is 1. The van der Waals surface area contributed by atoms with Crippen LogP contribution in [0.1, 0.15) is 15.9 Å². The van der Waals surface area contributed by atoms with Crippen LogP contribution in [0.4, 0.5) is 4.39 Å². The molecule has 0 atom stereocenters. The highest BCUT2D eigenvalue weighted by Crippen LogP contribution is 2.21. The highest BCUT2D eigenvalue weighted by Gasteiger charge is 2.22. The number of hydrogen-bond donors (Lipinski definition) is 0. The minimum absolute atomic E-state index is 0.0573. The number of benzene rings is 2. The summed E-state index contributed by atoms with van der Waals surface area (Å²) in [6.45, 7) is 3.61. The van der Waals surface area contributed by atoms with E-state index >= 15 is 0 Å². The third-order valence-electron chi connectivity index (χ3n) is 4.42. The van der Waals surface area contributed by atoms with Gasteiger partial charge >= 0.3 is 0 Å². The van der Waals surface area contributed by atoms with E-state index in [2.05, 4.69) is 4.90 Å². The van der Waals surface area contributed by atoms with Crippen LogP contribution >= 0.6 is 23.2 Å². The maximum atomic E-state index is 13.7. The number of nitrogens with zero attached hydrogens (tertiary/aromatic N) is 2. The summed E-state index contributed by atoms with van der Waals surface area (Å²) < 4.78 is 13.7. The molecule has 6 heteroatoms. The molecule has 0 saturated carbocycles. The quantitative estimate of drug-likeness (QED) is 0.795. The molecule has 1 aliphatic heterocycles. The third kappa shape index (κ3) is 4.72. The van der Waals surface area contributed by atoms with Crippen molar-refractivity contribution >= 4 is 29.1 Å². The zero-order valence-electron chi connectivity index (χ0n) is 13.7. The Labute approximate surface area is 156 Å². The van der Waals surface area contributed by atoms with Crippen molar-refractivity contribution in [3.05, 3.63) is 69.5 Å². The van der Waals surface area contributed by atoms with Crippen LogP contribution in [0.15, 0.2) is 42.5 Å². The molecule has 1 heterocycles. The maximum Gasteiger partial charge on any atom is 0.254 e. The average Bonchev–Trinajstić information content (AvgIpc) is 2.60. The van der Waals surface area contributed by atoms with Gasteiger partial charge in [0, 0.05) is 48.3 Å². The monoisotopic (exact) mass is 380 g/mol. The molecule has 1 amide bonds. The van der Waals surface area contributed by atoms with Gasteiger partial charge in [-0.3, -0.25) is 9.69 Å². The number of carbonyl (C=O) groups is 1. The van der Waals surface area contributed by atoms with Crippen LogP contribution in [0.2, 0.25) is 10.0 Å². The third-order valence-corrected chi connectivity index (χ3v) is 4.86. The fourth-order valence-electron chi connectivity index (χ4n) is 3.01. The molecule has 0 spiro atoms. The lowest BCUT2D eigenvalue weighted by Crippen LogP contribution is -2.49. The number of amides is 1. The van der Waals surface area contributed by atoms with Gasteiger partial charge in [0.25, 0.3) is 5.91 Å². The Morgan fingerprint density at radius 2 is 1.64 bits per heavy atom. The summed E-state index contributed by atoms with van der Waals surface area (Å²) in [4.78, 5) is 16.6. The molecule has 132 valence electrons. The molecule has 0 N–H and O–H groups in total. The van der Waals surface area contributed by atoms with Crippen LogP contribution in [0, 0.1) is 5.82 Å². The molecule has 0 unspecified atom stereocenters. The highest BCUT2D eigenvalue weighted by molar-refractivity contribution is 6.35. The van der Waals surface area contributed by atoms with Gasteiger partial charge in [-0.05, 0) is 36.2 Å². The minimum atomic E-state index is -0.158. The van der Waals surface area contributed by atoms with E-state index in [-0.39, 0.29) is 11.7 Å². The molecular formula is C19H19Cl2FN2O. The predicted molar refractivity (Wildman–Crippen MR) is 98.9 cm³/mol. The Hall–Kier alpha value is -1.62. The second-order valence-corrected chi connectivity index (χ2v) is 7.01. The van der Waals surface area contributed by atoms with Crippen molar-refractivity contribution in [1.29, 1.82) is 0 Å². The smallest absolute Gasteiger partial charge is 0.254 e. The van der Waals surface area contributed by atoms with Gasteiger partial charge in [-0.25, -0.2) is 4.39 Å². The van der Waals surface area contributed by atoms with Gasteiger partial charge in [0.15, 0.2) is 0 Å². The van der Waals surface area contributed by atoms with Crippen molar-refractivity contribution in [1.82, 2.24) is 9.80 Å². The second-order valence-electron chi connectivity index (χ2n) is 6.13. The first-order valence-corrected chi connectivity index (χ1v) is 8.99. The van der Waals surface area contributed by atoms with Gasteiger partial charge in [0.2, 0.25) is 0 Å². The van der Waals surface area contributed by atoms with Crippen LogP contribution in [0.3, 0.4) is 0 Å². The van der Waals surface area contributed by atoms with Crippen LogP contribution in [-0.2, 0) is 6.42 Å². The number of halogens is 3. The van der Waals surface area contributed by atoms with Gasteiger partial charge in [-0.15, -0.1) is 0 Å². The van der Waals surface area contributed by atoms with E-state index in [0.717, 1.165) is 25.2 Å². The minimum Gasteiger partial charge on any atom is -0.336 e. The van der Waals surface area contributed by atoms with Gasteiger partial charge < -0.3 is 4.90 Å². The van der Waals surface area contributed by atoms with E-state index in [4.69, 9.17) is 23.2 Å². The lowest BCUT2D eigenvalue weighted by molar-refractivity contribution is 0.0638. The van der Waals surface area contributed by atoms with E-state index < -0.39 is 0 Å². The predicted octanol–water partition coefficient (Wildman–Crippen LogP) is 4.13. The standard InChI is InChI=1S/C19H19Cl2FN2O/c20-16-11-15(12-17(21)13-16)19(25)24-9-7-23(8-10-24)6-5-14-3-1-2-4-18(14)22/h1-4,11-13H,5-10H2. The zero-order valence-corrected chi connectivity index (χ0v) is 15.2. The van der Waals surface area contributed by atoms with Crippen LogP contribution < -0.4 is 0 Å². The normalized spacial score (nSPS) is 15.4. The van der Waals surface area contributed by atoms with Crippen molar-refractivity contribution in [3.63, 3.8) is 0 Å². The number of carbonyl (C=O) groups excluding carboxylic acids is 1. The summed E-state index contributed by atoms with van der Waals surface area (Å²) in [7, 11) is 0. The van der Waals surface area contributed by atoms with E-state index in [1.54, 1.807) is 24.3 Å². The molecule has 0 radical (unpaired) electrons. The van der Waals surface area contributed by atoms with Crippen molar-refractivity contribution < 1.29 is 9.18 Å². The van der Waals surface area contributed by atoms with E-state index in [9.17, 15) is 9.18 Å². The molecular weight excluding hydrogens is 362 g/mol. The fourth-order valence-corrected chi connectivity index (χ4v) is 3.54. The molecule has 2 aromatic carbocycles. The average molecular weight is 381 g/mol. The summed E-state index contributed by atoms with van der Waals surface area (Å²) >= 11 is 11.9. The van der Waals surface area contributed by atoms with E-state index in [1.165, 1.54) is 6.07 Å². The Bertz CT molecular complexity index is 741. The van der Waals surface area contributed by atoms with Gasteiger partial charge in [0.05, 0.1) is 0 Å². The molecule has 3 nitrogen and oxygen atoms in total. The first-order valence-electron chi connectivity index (χ1n) is 8.24. The van der Waals surface area contributed by atoms with Crippen molar-refractivity contribution in [2.75, 3.05) is 32.7 Å². The summed E-state index contributed by atoms with van der Waals surface area (Å²) in [5.41, 5.74) is 1.24. The van der Waals surface area contributed by atoms with Crippen LogP contribution in [0.5, 0.6) is 0 Å². The molecule has 0 bridgehead atoms. The SMILES string of the molecule is O=C(c1cc(Cl)cc(Cl)c1)N1CCN(CCc2ccccc2F)CC1. The summed E-state index contributed by atoms with van der Waals surface area (Å²) in [6.07, 6.45) is 0.671. The van der Waals surface area contributed by atoms with Crippen molar-refractivity contribution in [2.45, 2.75) is 6.42 Å². The highest BCUT2D eigenvalue weighted by atomic mass is 35.5. The van der Waals surface area contributed by atoms with E-state index in [1.807, 2.05) is 17.0 Å². The Balaban J connectivity index is 1.53.